The smallest absolute Gasteiger partial charge is 0.329 e. The van der Waals surface area contributed by atoms with E-state index in [1.165, 1.54) is 0 Å². The summed E-state index contributed by atoms with van der Waals surface area (Å²) in [5.41, 5.74) is 5.33. The molecule has 0 amide bonds. The molecular formula is C9H13N5O3. The van der Waals surface area contributed by atoms with E-state index in [2.05, 4.69) is 9.97 Å². The fourth-order valence-electron chi connectivity index (χ4n) is 1.85. The van der Waals surface area contributed by atoms with Gasteiger partial charge in [-0.3, -0.25) is 10.1 Å². The monoisotopic (exact) mass is 239 g/mol. The Morgan fingerprint density at radius 1 is 1.71 bits per heavy atom. The van der Waals surface area contributed by atoms with E-state index in [-0.39, 0.29) is 23.6 Å². The average molecular weight is 239 g/mol. The Bertz CT molecular complexity index is 439. The Kier molecular flexibility index (Phi) is 3.05. The lowest BCUT2D eigenvalue weighted by molar-refractivity contribution is -0.384. The van der Waals surface area contributed by atoms with Gasteiger partial charge in [0.2, 0.25) is 11.8 Å². The highest BCUT2D eigenvalue weighted by atomic mass is 16.6. The fraction of sp³-hybridized carbons (Fsp3) is 0.556. The first-order valence-electron chi connectivity index (χ1n) is 5.16. The average Bonchev–Trinajstić information content (AvgIpc) is 2.76. The number of anilines is 2. The van der Waals surface area contributed by atoms with Crippen LogP contribution >= 0.6 is 0 Å². The van der Waals surface area contributed by atoms with Crippen molar-refractivity contribution in [3.8, 4) is 0 Å². The highest BCUT2D eigenvalue weighted by Crippen LogP contribution is 2.28. The molecule has 0 bridgehead atoms. The molecule has 8 nitrogen and oxygen atoms in total. The van der Waals surface area contributed by atoms with E-state index in [4.69, 9.17) is 10.5 Å². The number of methoxy groups -OCH3 is 1. The van der Waals surface area contributed by atoms with Gasteiger partial charge < -0.3 is 15.4 Å². The molecule has 0 spiro atoms. The van der Waals surface area contributed by atoms with Crippen LogP contribution in [0.5, 0.6) is 0 Å². The fourth-order valence-corrected chi connectivity index (χ4v) is 1.85. The summed E-state index contributed by atoms with van der Waals surface area (Å²) >= 11 is 0. The topological polar surface area (TPSA) is 107 Å². The molecule has 1 unspecified atom stereocenters. The number of nitrogens with zero attached hydrogens (tertiary/aromatic N) is 4. The minimum atomic E-state index is -0.505. The van der Waals surface area contributed by atoms with Crippen LogP contribution in [0, 0.1) is 10.1 Å². The van der Waals surface area contributed by atoms with Gasteiger partial charge in [0.05, 0.1) is 11.0 Å². The summed E-state index contributed by atoms with van der Waals surface area (Å²) < 4.78 is 5.21. The van der Waals surface area contributed by atoms with Crippen LogP contribution in [-0.2, 0) is 4.74 Å². The minimum absolute atomic E-state index is 0.0338. The Hall–Kier alpha value is -1.96. The number of hydrogen-bond donors (Lipinski definition) is 1. The highest BCUT2D eigenvalue weighted by Gasteiger charge is 2.29. The van der Waals surface area contributed by atoms with Gasteiger partial charge in [-0.15, -0.1) is 0 Å². The predicted molar refractivity (Wildman–Crippen MR) is 60.7 cm³/mol. The van der Waals surface area contributed by atoms with E-state index >= 15 is 0 Å². The number of ether oxygens (including phenoxy) is 1. The Morgan fingerprint density at radius 2 is 2.47 bits per heavy atom. The Labute approximate surface area is 97.6 Å². The second kappa shape index (κ2) is 4.50. The molecule has 1 aromatic rings. The molecule has 1 aromatic heterocycles. The van der Waals surface area contributed by atoms with Crippen molar-refractivity contribution in [1.29, 1.82) is 0 Å². The van der Waals surface area contributed by atoms with Crippen molar-refractivity contribution in [1.82, 2.24) is 9.97 Å². The zero-order valence-corrected chi connectivity index (χ0v) is 9.37. The molecule has 8 heteroatoms. The summed E-state index contributed by atoms with van der Waals surface area (Å²) in [4.78, 5) is 19.7. The summed E-state index contributed by atoms with van der Waals surface area (Å²) in [5.74, 6) is 0.300. The molecule has 0 aromatic carbocycles. The first-order valence-corrected chi connectivity index (χ1v) is 5.16. The number of nitrogen functional groups attached to an aromatic ring is 1. The van der Waals surface area contributed by atoms with E-state index in [1.54, 1.807) is 12.0 Å². The second-order valence-corrected chi connectivity index (χ2v) is 3.79. The molecule has 0 aliphatic carbocycles. The van der Waals surface area contributed by atoms with Crippen molar-refractivity contribution in [3.63, 3.8) is 0 Å². The van der Waals surface area contributed by atoms with Gasteiger partial charge in [0, 0.05) is 20.2 Å². The van der Waals surface area contributed by atoms with Crippen LogP contribution in [0.1, 0.15) is 6.42 Å². The van der Waals surface area contributed by atoms with E-state index in [0.29, 0.717) is 13.1 Å². The van der Waals surface area contributed by atoms with Gasteiger partial charge in [-0.1, -0.05) is 0 Å². The van der Waals surface area contributed by atoms with Gasteiger partial charge in [0.1, 0.15) is 6.20 Å². The Balaban J connectivity index is 2.31. The van der Waals surface area contributed by atoms with Crippen molar-refractivity contribution in [2.75, 3.05) is 30.8 Å². The largest absolute Gasteiger partial charge is 0.380 e. The third-order valence-electron chi connectivity index (χ3n) is 2.74. The number of hydrogen-bond acceptors (Lipinski definition) is 7. The van der Waals surface area contributed by atoms with Crippen LogP contribution in [0.15, 0.2) is 6.20 Å². The van der Waals surface area contributed by atoms with E-state index in [1.807, 2.05) is 0 Å². The highest BCUT2D eigenvalue weighted by molar-refractivity contribution is 5.59. The summed E-state index contributed by atoms with van der Waals surface area (Å²) in [6, 6.07) is 0. The Morgan fingerprint density at radius 3 is 3.06 bits per heavy atom. The molecule has 1 saturated heterocycles. The molecule has 92 valence electrons. The minimum Gasteiger partial charge on any atom is -0.380 e. The summed E-state index contributed by atoms with van der Waals surface area (Å²) in [6.07, 6.45) is 2.03. The first-order chi connectivity index (χ1) is 8.11. The molecule has 2 rings (SSSR count). The maximum atomic E-state index is 10.9. The van der Waals surface area contributed by atoms with E-state index in [0.717, 1.165) is 12.6 Å². The van der Waals surface area contributed by atoms with Crippen LogP contribution in [-0.4, -0.2) is 41.2 Å². The quantitative estimate of drug-likeness (QED) is 0.592. The normalized spacial score (nSPS) is 19.6. The van der Waals surface area contributed by atoms with Gasteiger partial charge in [-0.05, 0) is 6.42 Å². The molecular weight excluding hydrogens is 226 g/mol. The van der Waals surface area contributed by atoms with Crippen LogP contribution < -0.4 is 10.6 Å². The zero-order chi connectivity index (χ0) is 12.4. The summed E-state index contributed by atoms with van der Waals surface area (Å²) in [6.45, 7) is 1.24. The number of nitrogens with two attached hydrogens (primary N) is 1. The second-order valence-electron chi connectivity index (χ2n) is 3.79. The van der Waals surface area contributed by atoms with Crippen LogP contribution in [0.25, 0.3) is 0 Å². The van der Waals surface area contributed by atoms with Crippen LogP contribution in [0.4, 0.5) is 17.5 Å². The third kappa shape index (κ3) is 2.26. The predicted octanol–water partition coefficient (Wildman–Crippen LogP) is 0.192. The lowest BCUT2D eigenvalue weighted by atomic mass is 10.3. The molecule has 2 N–H and O–H groups in total. The SMILES string of the molecule is COC1CCN(c2nc(N)ncc2[N+](=O)[O-])C1. The van der Waals surface area contributed by atoms with Crippen molar-refractivity contribution >= 4 is 17.5 Å². The molecule has 0 saturated carbocycles. The molecule has 0 radical (unpaired) electrons. The zero-order valence-electron chi connectivity index (χ0n) is 9.37. The first kappa shape index (κ1) is 11.5. The van der Waals surface area contributed by atoms with Crippen molar-refractivity contribution in [2.24, 2.45) is 0 Å². The van der Waals surface area contributed by atoms with Crippen LogP contribution in [0.3, 0.4) is 0 Å². The molecule has 2 heterocycles. The van der Waals surface area contributed by atoms with Crippen molar-refractivity contribution in [2.45, 2.75) is 12.5 Å². The number of rotatable bonds is 3. The molecule has 1 aliphatic rings. The van der Waals surface area contributed by atoms with Gasteiger partial charge >= 0.3 is 5.69 Å². The van der Waals surface area contributed by atoms with Crippen LogP contribution in [0.2, 0.25) is 0 Å². The lowest BCUT2D eigenvalue weighted by Gasteiger charge is -2.16. The number of aromatic nitrogens is 2. The van der Waals surface area contributed by atoms with Crippen molar-refractivity contribution < 1.29 is 9.66 Å². The molecule has 1 atom stereocenters. The maximum Gasteiger partial charge on any atom is 0.329 e. The van der Waals surface area contributed by atoms with Crippen molar-refractivity contribution in [3.05, 3.63) is 16.3 Å². The summed E-state index contributed by atoms with van der Waals surface area (Å²) in [7, 11) is 1.62. The van der Waals surface area contributed by atoms with E-state index < -0.39 is 4.92 Å². The summed E-state index contributed by atoms with van der Waals surface area (Å²) in [5, 5.41) is 10.9. The van der Waals surface area contributed by atoms with Gasteiger partial charge in [0.25, 0.3) is 0 Å². The van der Waals surface area contributed by atoms with Gasteiger partial charge in [0.15, 0.2) is 0 Å². The molecule has 17 heavy (non-hydrogen) atoms. The molecule has 1 aliphatic heterocycles. The third-order valence-corrected chi connectivity index (χ3v) is 2.74. The number of nitro groups is 1. The standard InChI is InChI=1S/C9H13N5O3/c1-17-6-2-3-13(5-6)8-7(14(15)16)4-11-9(10)12-8/h4,6H,2-3,5H2,1H3,(H2,10,11,12). The maximum absolute atomic E-state index is 10.9. The lowest BCUT2D eigenvalue weighted by Crippen LogP contribution is -2.24. The molecule has 1 fully saturated rings. The van der Waals surface area contributed by atoms with E-state index in [9.17, 15) is 10.1 Å². The van der Waals surface area contributed by atoms with Gasteiger partial charge in [-0.2, -0.15) is 4.98 Å². The van der Waals surface area contributed by atoms with Gasteiger partial charge in [-0.25, -0.2) is 4.98 Å².